The van der Waals surface area contributed by atoms with Gasteiger partial charge < -0.3 is 5.32 Å². The zero-order valence-electron chi connectivity index (χ0n) is 20.0. The van der Waals surface area contributed by atoms with E-state index in [0.717, 1.165) is 4.31 Å². The van der Waals surface area contributed by atoms with Gasteiger partial charge in [-0.3, -0.25) is 4.79 Å². The van der Waals surface area contributed by atoms with Crippen molar-refractivity contribution in [2.45, 2.75) is 49.6 Å². The predicted octanol–water partition coefficient (Wildman–Crippen LogP) is 2.55. The van der Waals surface area contributed by atoms with E-state index in [4.69, 9.17) is 0 Å². The molecule has 0 aliphatic carbocycles. The topological polar surface area (TPSA) is 104 Å². The number of carbonyl (C=O) groups is 1. The van der Waals surface area contributed by atoms with Crippen LogP contribution in [0.5, 0.6) is 0 Å². The Morgan fingerprint density at radius 2 is 1.26 bits per heavy atom. The van der Waals surface area contributed by atoms with E-state index in [2.05, 4.69) is 5.32 Å². The summed E-state index contributed by atoms with van der Waals surface area (Å²) >= 11 is 0. The average Bonchev–Trinajstić information content (AvgIpc) is 2.82. The molecule has 1 aliphatic heterocycles. The number of amides is 1. The van der Waals surface area contributed by atoms with Crippen LogP contribution in [-0.2, 0) is 24.8 Å². The lowest BCUT2D eigenvalue weighted by molar-refractivity contribution is -0.127. The number of piperazine rings is 1. The molecular formula is C24H33N3O5S2. The number of hydrogen-bond acceptors (Lipinski definition) is 5. The molecule has 0 unspecified atom stereocenters. The second-order valence-electron chi connectivity index (χ2n) is 9.14. The summed E-state index contributed by atoms with van der Waals surface area (Å²) in [6, 6.07) is 14.5. The van der Waals surface area contributed by atoms with Gasteiger partial charge in [-0.15, -0.1) is 0 Å². The highest BCUT2D eigenvalue weighted by molar-refractivity contribution is 7.89. The molecule has 10 heteroatoms. The van der Waals surface area contributed by atoms with Gasteiger partial charge in [0.25, 0.3) is 0 Å². The molecule has 1 atom stereocenters. The first kappa shape index (κ1) is 26.3. The van der Waals surface area contributed by atoms with Crippen molar-refractivity contribution in [1.29, 1.82) is 0 Å². The first-order valence-electron chi connectivity index (χ1n) is 11.4. The fourth-order valence-corrected chi connectivity index (χ4v) is 7.34. The Balaban J connectivity index is 1.98. The second-order valence-corrected chi connectivity index (χ2v) is 13.0. The molecule has 3 rings (SSSR count). The molecule has 0 spiro atoms. The summed E-state index contributed by atoms with van der Waals surface area (Å²) in [5.74, 6) is -0.258. The molecule has 0 radical (unpaired) electrons. The standard InChI is InChI=1S/C24H33N3O5S2/c1-18(2)23(19(3)4)25-24(28)22-17-26(33(29,30)20-11-7-5-8-12-20)15-16-27(22)34(31,32)21-13-9-6-10-14-21/h5-14,18-19,22-23H,15-17H2,1-4H3,(H,25,28)/t22-/m1/s1. The zero-order valence-corrected chi connectivity index (χ0v) is 21.6. The van der Waals surface area contributed by atoms with Crippen LogP contribution in [0.25, 0.3) is 0 Å². The van der Waals surface area contributed by atoms with E-state index in [9.17, 15) is 21.6 Å². The summed E-state index contributed by atoms with van der Waals surface area (Å²) in [4.78, 5) is 13.6. The van der Waals surface area contributed by atoms with Crippen LogP contribution < -0.4 is 5.32 Å². The molecule has 0 bridgehead atoms. The third-order valence-corrected chi connectivity index (χ3v) is 9.87. The van der Waals surface area contributed by atoms with Crippen LogP contribution in [0.2, 0.25) is 0 Å². The fourth-order valence-electron chi connectivity index (χ4n) is 4.29. The van der Waals surface area contributed by atoms with Gasteiger partial charge in [0.15, 0.2) is 0 Å². The Kier molecular flexibility index (Phi) is 8.18. The van der Waals surface area contributed by atoms with Crippen molar-refractivity contribution in [2.24, 2.45) is 11.8 Å². The molecule has 1 fully saturated rings. The van der Waals surface area contributed by atoms with E-state index in [1.54, 1.807) is 36.4 Å². The van der Waals surface area contributed by atoms with Crippen molar-refractivity contribution in [3.05, 3.63) is 60.7 Å². The number of nitrogens with one attached hydrogen (secondary N) is 1. The van der Waals surface area contributed by atoms with Crippen molar-refractivity contribution in [3.8, 4) is 0 Å². The van der Waals surface area contributed by atoms with Crippen LogP contribution >= 0.6 is 0 Å². The third-order valence-electron chi connectivity index (χ3n) is 6.07. The monoisotopic (exact) mass is 507 g/mol. The van der Waals surface area contributed by atoms with Gasteiger partial charge in [-0.05, 0) is 36.1 Å². The number of nitrogens with zero attached hydrogens (tertiary/aromatic N) is 2. The largest absolute Gasteiger partial charge is 0.351 e. The minimum atomic E-state index is -4.02. The van der Waals surface area contributed by atoms with E-state index >= 15 is 0 Å². The Hall–Kier alpha value is -2.27. The van der Waals surface area contributed by atoms with Crippen molar-refractivity contribution >= 4 is 26.0 Å². The quantitative estimate of drug-likeness (QED) is 0.591. The van der Waals surface area contributed by atoms with Gasteiger partial charge in [0.1, 0.15) is 6.04 Å². The maximum atomic E-state index is 13.5. The Labute approximate surface area is 203 Å². The predicted molar refractivity (Wildman–Crippen MR) is 131 cm³/mol. The highest BCUT2D eigenvalue weighted by Crippen LogP contribution is 2.26. The summed E-state index contributed by atoms with van der Waals surface area (Å²) in [6.45, 7) is 7.48. The first-order chi connectivity index (χ1) is 16.0. The van der Waals surface area contributed by atoms with Crippen LogP contribution in [0.4, 0.5) is 0 Å². The molecule has 1 saturated heterocycles. The van der Waals surface area contributed by atoms with E-state index in [-0.39, 0.29) is 47.3 Å². The molecule has 1 aliphatic rings. The lowest BCUT2D eigenvalue weighted by Crippen LogP contribution is -2.62. The fraction of sp³-hybridized carbons (Fsp3) is 0.458. The van der Waals surface area contributed by atoms with Gasteiger partial charge in [-0.25, -0.2) is 16.8 Å². The lowest BCUT2D eigenvalue weighted by atomic mass is 9.93. The lowest BCUT2D eigenvalue weighted by Gasteiger charge is -2.40. The Morgan fingerprint density at radius 1 is 0.794 bits per heavy atom. The summed E-state index contributed by atoms with van der Waals surface area (Å²) in [6.07, 6.45) is 0. The maximum Gasteiger partial charge on any atom is 0.243 e. The van der Waals surface area contributed by atoms with E-state index in [1.165, 1.54) is 28.6 Å². The van der Waals surface area contributed by atoms with E-state index in [0.29, 0.717) is 0 Å². The van der Waals surface area contributed by atoms with Crippen LogP contribution in [0.15, 0.2) is 70.5 Å². The van der Waals surface area contributed by atoms with Gasteiger partial charge in [-0.1, -0.05) is 64.1 Å². The van der Waals surface area contributed by atoms with Crippen molar-refractivity contribution in [3.63, 3.8) is 0 Å². The smallest absolute Gasteiger partial charge is 0.243 e. The third kappa shape index (κ3) is 5.51. The molecule has 0 saturated carbocycles. The van der Waals surface area contributed by atoms with Gasteiger partial charge in [0.05, 0.1) is 9.79 Å². The normalized spacial score (nSPS) is 18.5. The number of sulfonamides is 2. The van der Waals surface area contributed by atoms with E-state index < -0.39 is 32.0 Å². The van der Waals surface area contributed by atoms with Gasteiger partial charge >= 0.3 is 0 Å². The van der Waals surface area contributed by atoms with E-state index in [1.807, 2.05) is 27.7 Å². The molecule has 8 nitrogen and oxygen atoms in total. The molecule has 1 N–H and O–H groups in total. The first-order valence-corrected chi connectivity index (χ1v) is 14.3. The molecular weight excluding hydrogens is 474 g/mol. The summed E-state index contributed by atoms with van der Waals surface area (Å²) in [5.41, 5.74) is 0. The van der Waals surface area contributed by atoms with Crippen molar-refractivity contribution < 1.29 is 21.6 Å². The van der Waals surface area contributed by atoms with Crippen LogP contribution in [-0.4, -0.2) is 63.1 Å². The SMILES string of the molecule is CC(C)C(NC(=O)[C@H]1CN(S(=O)(=O)c2ccccc2)CCN1S(=O)(=O)c1ccccc1)C(C)C. The van der Waals surface area contributed by atoms with Gasteiger partial charge in [0, 0.05) is 25.7 Å². The van der Waals surface area contributed by atoms with Crippen molar-refractivity contribution in [1.82, 2.24) is 13.9 Å². The Morgan fingerprint density at radius 3 is 1.74 bits per heavy atom. The van der Waals surface area contributed by atoms with Crippen LogP contribution in [0.3, 0.4) is 0 Å². The molecule has 2 aromatic rings. The molecule has 186 valence electrons. The molecule has 0 aromatic heterocycles. The number of hydrogen-bond donors (Lipinski definition) is 1. The highest BCUT2D eigenvalue weighted by atomic mass is 32.2. The Bertz CT molecular complexity index is 1180. The highest BCUT2D eigenvalue weighted by Gasteiger charge is 2.44. The van der Waals surface area contributed by atoms with Crippen LogP contribution in [0.1, 0.15) is 27.7 Å². The maximum absolute atomic E-state index is 13.5. The van der Waals surface area contributed by atoms with Gasteiger partial charge in [0.2, 0.25) is 26.0 Å². The number of rotatable bonds is 8. The summed E-state index contributed by atoms with van der Waals surface area (Å²) in [7, 11) is -7.91. The minimum Gasteiger partial charge on any atom is -0.351 e. The summed E-state index contributed by atoms with van der Waals surface area (Å²) in [5, 5.41) is 2.98. The molecule has 1 amide bonds. The van der Waals surface area contributed by atoms with Gasteiger partial charge in [-0.2, -0.15) is 8.61 Å². The minimum absolute atomic E-state index is 0.0507. The molecule has 2 aromatic carbocycles. The summed E-state index contributed by atoms with van der Waals surface area (Å²) < 4.78 is 55.7. The number of carbonyl (C=O) groups excluding carboxylic acids is 1. The number of benzene rings is 2. The zero-order chi connectivity index (χ0) is 25.1. The molecule has 1 heterocycles. The van der Waals surface area contributed by atoms with Crippen LogP contribution in [0, 0.1) is 11.8 Å². The molecule has 34 heavy (non-hydrogen) atoms. The second kappa shape index (κ2) is 10.6. The van der Waals surface area contributed by atoms with Crippen molar-refractivity contribution in [2.75, 3.05) is 19.6 Å². The average molecular weight is 508 g/mol.